The Morgan fingerprint density at radius 1 is 1.29 bits per heavy atom. The van der Waals surface area contributed by atoms with E-state index >= 15 is 0 Å². The summed E-state index contributed by atoms with van der Waals surface area (Å²) >= 11 is 0. The molecule has 4 heteroatoms. The maximum absolute atomic E-state index is 13.3. The summed E-state index contributed by atoms with van der Waals surface area (Å²) in [7, 11) is 0. The van der Waals surface area contributed by atoms with Gasteiger partial charge in [-0.15, -0.1) is 0 Å². The fraction of sp³-hybridized carbons (Fsp3) is 0.400. The van der Waals surface area contributed by atoms with Crippen LogP contribution in [0.2, 0.25) is 0 Å². The van der Waals surface area contributed by atoms with Gasteiger partial charge in [0.2, 0.25) is 0 Å². The molecule has 0 aliphatic carbocycles. The van der Waals surface area contributed by atoms with Gasteiger partial charge in [-0.3, -0.25) is 0 Å². The molecule has 1 aromatic carbocycles. The first kappa shape index (κ1) is 11.0. The number of likely N-dealkylation sites (N-methyl/N-ethyl adjacent to an activating group) is 1. The molecule has 0 heterocycles. The van der Waals surface area contributed by atoms with Crippen LogP contribution in [0.15, 0.2) is 24.3 Å². The number of nitrogens with one attached hydrogen (secondary N) is 1. The summed E-state index contributed by atoms with van der Waals surface area (Å²) in [4.78, 5) is 0. The Hall–Kier alpha value is -1.03. The Balaban J connectivity index is 2.86. The molecule has 0 radical (unpaired) electrons. The van der Waals surface area contributed by atoms with Crippen molar-refractivity contribution in [3.05, 3.63) is 35.6 Å². The van der Waals surface area contributed by atoms with Crippen LogP contribution < -0.4 is 5.32 Å². The molecule has 0 saturated carbocycles. The lowest BCUT2D eigenvalue weighted by molar-refractivity contribution is -0.00602. The zero-order valence-corrected chi connectivity index (χ0v) is 7.86. The van der Waals surface area contributed by atoms with E-state index in [9.17, 15) is 13.2 Å². The third kappa shape index (κ3) is 2.48. The molecular formula is C10H12F3N. The summed E-state index contributed by atoms with van der Waals surface area (Å²) in [5, 5.41) is 2.50. The van der Waals surface area contributed by atoms with E-state index in [1.165, 1.54) is 12.1 Å². The van der Waals surface area contributed by atoms with Gasteiger partial charge in [-0.05, 0) is 12.6 Å². The molecule has 1 N–H and O–H groups in total. The molecule has 1 nitrogen and oxygen atoms in total. The molecule has 0 fully saturated rings. The molecule has 0 aliphatic rings. The van der Waals surface area contributed by atoms with Gasteiger partial charge >= 0.3 is 0 Å². The van der Waals surface area contributed by atoms with E-state index in [1.54, 1.807) is 6.92 Å². The first-order valence-electron chi connectivity index (χ1n) is 4.41. The van der Waals surface area contributed by atoms with Gasteiger partial charge in [0.1, 0.15) is 5.82 Å². The molecule has 0 unspecified atom stereocenters. The topological polar surface area (TPSA) is 12.0 Å². The Bertz CT molecular complexity index is 299. The van der Waals surface area contributed by atoms with E-state index in [2.05, 4.69) is 5.32 Å². The lowest BCUT2D eigenvalue weighted by Gasteiger charge is -2.17. The number of hydrogen-bond donors (Lipinski definition) is 1. The van der Waals surface area contributed by atoms with E-state index in [1.807, 2.05) is 0 Å². The lowest BCUT2D eigenvalue weighted by Crippen LogP contribution is -2.31. The monoisotopic (exact) mass is 203 g/mol. The minimum Gasteiger partial charge on any atom is -0.311 e. The van der Waals surface area contributed by atoms with Crippen molar-refractivity contribution >= 4 is 0 Å². The third-order valence-corrected chi connectivity index (χ3v) is 1.86. The van der Waals surface area contributed by atoms with Crippen LogP contribution in [0.5, 0.6) is 0 Å². The van der Waals surface area contributed by atoms with Gasteiger partial charge in [0.25, 0.3) is 5.92 Å². The Labute approximate surface area is 80.9 Å². The van der Waals surface area contributed by atoms with Crippen LogP contribution >= 0.6 is 0 Å². The van der Waals surface area contributed by atoms with E-state index in [0.717, 1.165) is 12.1 Å². The molecule has 0 aliphatic heterocycles. The van der Waals surface area contributed by atoms with E-state index in [4.69, 9.17) is 0 Å². The smallest absolute Gasteiger partial charge is 0.288 e. The minimum absolute atomic E-state index is 0.435. The quantitative estimate of drug-likeness (QED) is 0.792. The number of benzene rings is 1. The third-order valence-electron chi connectivity index (χ3n) is 1.86. The Morgan fingerprint density at radius 3 is 2.50 bits per heavy atom. The van der Waals surface area contributed by atoms with Gasteiger partial charge in [0, 0.05) is 0 Å². The highest BCUT2D eigenvalue weighted by Crippen LogP contribution is 2.28. The summed E-state index contributed by atoms with van der Waals surface area (Å²) in [6.45, 7) is 1.62. The van der Waals surface area contributed by atoms with Crippen molar-refractivity contribution in [2.75, 3.05) is 13.1 Å². The largest absolute Gasteiger partial charge is 0.311 e. The van der Waals surface area contributed by atoms with Crippen LogP contribution in [0.4, 0.5) is 13.2 Å². The second-order valence-electron chi connectivity index (χ2n) is 2.96. The highest BCUT2D eigenvalue weighted by Gasteiger charge is 2.33. The standard InChI is InChI=1S/C10H12F3N/c1-2-14-7-10(12,13)8-5-3-4-6-9(8)11/h3-6,14H,2,7H2,1H3. The van der Waals surface area contributed by atoms with Crippen molar-refractivity contribution in [2.45, 2.75) is 12.8 Å². The zero-order chi connectivity index (χ0) is 10.6. The maximum atomic E-state index is 13.3. The average molecular weight is 203 g/mol. The van der Waals surface area contributed by atoms with Gasteiger partial charge in [0.05, 0.1) is 12.1 Å². The molecular weight excluding hydrogens is 191 g/mol. The van der Waals surface area contributed by atoms with Crippen LogP contribution in [-0.2, 0) is 5.92 Å². The van der Waals surface area contributed by atoms with Crippen LogP contribution in [0.1, 0.15) is 12.5 Å². The zero-order valence-electron chi connectivity index (χ0n) is 7.86. The van der Waals surface area contributed by atoms with Crippen molar-refractivity contribution in [1.82, 2.24) is 5.32 Å². The van der Waals surface area contributed by atoms with Crippen LogP contribution in [-0.4, -0.2) is 13.1 Å². The van der Waals surface area contributed by atoms with Gasteiger partial charge in [-0.1, -0.05) is 25.1 Å². The van der Waals surface area contributed by atoms with Crippen molar-refractivity contribution < 1.29 is 13.2 Å². The van der Waals surface area contributed by atoms with Crippen molar-refractivity contribution in [2.24, 2.45) is 0 Å². The summed E-state index contributed by atoms with van der Waals surface area (Å²) < 4.78 is 39.6. The van der Waals surface area contributed by atoms with Gasteiger partial charge in [-0.2, -0.15) is 8.78 Å². The summed E-state index contributed by atoms with van der Waals surface area (Å²) in [5.74, 6) is -4.02. The predicted octanol–water partition coefficient (Wildman–Crippen LogP) is 2.53. The SMILES string of the molecule is CCNCC(F)(F)c1ccccc1F. The second kappa shape index (κ2) is 4.46. The molecule has 1 aromatic rings. The molecule has 0 atom stereocenters. The van der Waals surface area contributed by atoms with Gasteiger partial charge < -0.3 is 5.32 Å². The highest BCUT2D eigenvalue weighted by atomic mass is 19.3. The number of halogens is 3. The molecule has 0 amide bonds. The van der Waals surface area contributed by atoms with E-state index in [-0.39, 0.29) is 0 Å². The molecule has 0 aromatic heterocycles. The first-order valence-corrected chi connectivity index (χ1v) is 4.41. The van der Waals surface area contributed by atoms with Crippen molar-refractivity contribution in [3.8, 4) is 0 Å². The molecule has 14 heavy (non-hydrogen) atoms. The Morgan fingerprint density at radius 2 is 1.93 bits per heavy atom. The van der Waals surface area contributed by atoms with Gasteiger partial charge in [0.15, 0.2) is 0 Å². The van der Waals surface area contributed by atoms with Crippen LogP contribution in [0, 0.1) is 5.82 Å². The predicted molar refractivity (Wildman–Crippen MR) is 48.8 cm³/mol. The molecule has 78 valence electrons. The Kier molecular flexibility index (Phi) is 3.52. The van der Waals surface area contributed by atoms with E-state index in [0.29, 0.717) is 6.54 Å². The number of alkyl halides is 2. The summed E-state index contributed by atoms with van der Waals surface area (Å²) in [5.41, 5.74) is -0.555. The molecule has 0 bridgehead atoms. The average Bonchev–Trinajstić information content (AvgIpc) is 2.15. The minimum atomic E-state index is -3.15. The van der Waals surface area contributed by atoms with E-state index < -0.39 is 23.8 Å². The molecule has 0 saturated heterocycles. The maximum Gasteiger partial charge on any atom is 0.288 e. The van der Waals surface area contributed by atoms with Gasteiger partial charge in [-0.25, -0.2) is 4.39 Å². The second-order valence-corrected chi connectivity index (χ2v) is 2.96. The molecule has 0 spiro atoms. The first-order chi connectivity index (χ1) is 6.58. The van der Waals surface area contributed by atoms with Crippen LogP contribution in [0.25, 0.3) is 0 Å². The fourth-order valence-corrected chi connectivity index (χ4v) is 1.14. The molecule has 1 rings (SSSR count). The van der Waals surface area contributed by atoms with Crippen molar-refractivity contribution in [1.29, 1.82) is 0 Å². The fourth-order valence-electron chi connectivity index (χ4n) is 1.14. The lowest BCUT2D eigenvalue weighted by atomic mass is 10.1. The summed E-state index contributed by atoms with van der Waals surface area (Å²) in [6.07, 6.45) is 0. The summed E-state index contributed by atoms with van der Waals surface area (Å²) in [6, 6.07) is 4.93. The van der Waals surface area contributed by atoms with Crippen LogP contribution in [0.3, 0.4) is 0 Å². The number of rotatable bonds is 4. The highest BCUT2D eigenvalue weighted by molar-refractivity contribution is 5.22. The van der Waals surface area contributed by atoms with Crippen molar-refractivity contribution in [3.63, 3.8) is 0 Å². The normalized spacial score (nSPS) is 11.7. The number of hydrogen-bond acceptors (Lipinski definition) is 1.